The molecule has 2 unspecified atom stereocenters. The van der Waals surface area contributed by atoms with Crippen LogP contribution in [0.3, 0.4) is 0 Å². The zero-order valence-electron chi connectivity index (χ0n) is 20.3. The van der Waals surface area contributed by atoms with Crippen LogP contribution >= 0.6 is 0 Å². The van der Waals surface area contributed by atoms with Crippen LogP contribution in [0.25, 0.3) is 10.8 Å². The molecule has 0 amide bonds. The molecule has 0 saturated heterocycles. The lowest BCUT2D eigenvalue weighted by Crippen LogP contribution is -2.36. The highest BCUT2D eigenvalue weighted by atomic mass is 16.5. The van der Waals surface area contributed by atoms with Crippen LogP contribution in [0.5, 0.6) is 5.75 Å². The average Bonchev–Trinajstić information content (AvgIpc) is 2.90. The first-order valence-electron chi connectivity index (χ1n) is 12.3. The number of benzene rings is 4. The van der Waals surface area contributed by atoms with Crippen molar-refractivity contribution in [3.8, 4) is 5.75 Å². The van der Waals surface area contributed by atoms with Crippen molar-refractivity contribution in [1.82, 2.24) is 5.32 Å². The van der Waals surface area contributed by atoms with Crippen molar-refractivity contribution in [3.63, 3.8) is 0 Å². The Morgan fingerprint density at radius 1 is 1.00 bits per heavy atom. The van der Waals surface area contributed by atoms with Gasteiger partial charge in [-0.15, -0.1) is 0 Å². The van der Waals surface area contributed by atoms with E-state index in [4.69, 9.17) is 9.47 Å². The first-order valence-corrected chi connectivity index (χ1v) is 12.3. The molecule has 4 aromatic carbocycles. The molecule has 2 atom stereocenters. The molecule has 0 aliphatic carbocycles. The van der Waals surface area contributed by atoms with E-state index in [0.717, 1.165) is 37.2 Å². The van der Waals surface area contributed by atoms with Crippen LogP contribution < -0.4 is 10.1 Å². The smallest absolute Gasteiger partial charge is 0.338 e. The van der Waals surface area contributed by atoms with Gasteiger partial charge >= 0.3 is 5.97 Å². The summed E-state index contributed by atoms with van der Waals surface area (Å²) in [4.78, 5) is 12.0. The Balaban J connectivity index is 1.28. The summed E-state index contributed by atoms with van der Waals surface area (Å²) < 4.78 is 11.3. The van der Waals surface area contributed by atoms with Crippen molar-refractivity contribution in [3.05, 3.63) is 113 Å². The van der Waals surface area contributed by atoms with Gasteiger partial charge in [-0.25, -0.2) is 4.79 Å². The molecule has 0 spiro atoms. The summed E-state index contributed by atoms with van der Waals surface area (Å²) >= 11 is 0. The Kier molecular flexibility index (Phi) is 6.82. The van der Waals surface area contributed by atoms with Crippen molar-refractivity contribution in [2.24, 2.45) is 0 Å². The number of nitrogens with one attached hydrogen (secondary N) is 1. The summed E-state index contributed by atoms with van der Waals surface area (Å²) in [6.45, 7) is 3.65. The minimum Gasteiger partial charge on any atom is -0.489 e. The molecule has 4 aromatic rings. The van der Waals surface area contributed by atoms with Gasteiger partial charge in [0.2, 0.25) is 0 Å². The molecule has 0 fully saturated rings. The van der Waals surface area contributed by atoms with Crippen molar-refractivity contribution in [1.29, 1.82) is 0 Å². The van der Waals surface area contributed by atoms with Crippen molar-refractivity contribution in [2.75, 3.05) is 20.2 Å². The zero-order valence-corrected chi connectivity index (χ0v) is 20.3. The molecule has 1 N–H and O–H groups in total. The van der Waals surface area contributed by atoms with Gasteiger partial charge < -0.3 is 14.8 Å². The maximum Gasteiger partial charge on any atom is 0.338 e. The number of carbonyl (C=O) groups is 1. The van der Waals surface area contributed by atoms with Crippen LogP contribution in [-0.4, -0.2) is 32.3 Å². The molecule has 1 aliphatic heterocycles. The van der Waals surface area contributed by atoms with E-state index in [1.807, 2.05) is 19.1 Å². The van der Waals surface area contributed by atoms with Gasteiger partial charge in [0.15, 0.2) is 0 Å². The maximum atomic E-state index is 12.0. The second-order valence-corrected chi connectivity index (χ2v) is 9.22. The number of carbonyl (C=O) groups excluding carboxylic acids is 1. The lowest BCUT2D eigenvalue weighted by atomic mass is 9.83. The molecule has 1 heterocycles. The van der Waals surface area contributed by atoms with Crippen LogP contribution in [0.1, 0.15) is 45.0 Å². The van der Waals surface area contributed by atoms with E-state index >= 15 is 0 Å². The molecule has 0 radical (unpaired) electrons. The van der Waals surface area contributed by atoms with Gasteiger partial charge in [-0.05, 0) is 65.9 Å². The average molecular weight is 466 g/mol. The SMILES string of the molecule is COC(=O)c1ccc(C2CC(CNCCc3cccc4ccccc34)Oc3ccccc32)cc1C. The number of rotatable bonds is 7. The Morgan fingerprint density at radius 3 is 2.66 bits per heavy atom. The minimum atomic E-state index is -0.297. The third-order valence-electron chi connectivity index (χ3n) is 6.97. The number of ether oxygens (including phenoxy) is 2. The van der Waals surface area contributed by atoms with E-state index in [2.05, 4.69) is 78.1 Å². The highest BCUT2D eigenvalue weighted by Gasteiger charge is 2.29. The van der Waals surface area contributed by atoms with Crippen LogP contribution in [-0.2, 0) is 11.2 Å². The third kappa shape index (κ3) is 4.94. The summed E-state index contributed by atoms with van der Waals surface area (Å²) in [6, 6.07) is 29.4. The van der Waals surface area contributed by atoms with Crippen LogP contribution in [0, 0.1) is 6.92 Å². The fourth-order valence-corrected chi connectivity index (χ4v) is 5.17. The predicted molar refractivity (Wildman–Crippen MR) is 140 cm³/mol. The van der Waals surface area contributed by atoms with Gasteiger partial charge in [-0.3, -0.25) is 0 Å². The summed E-state index contributed by atoms with van der Waals surface area (Å²) in [5.74, 6) is 0.865. The number of fused-ring (bicyclic) bond motifs is 2. The van der Waals surface area contributed by atoms with Gasteiger partial charge in [0.1, 0.15) is 11.9 Å². The molecule has 0 aromatic heterocycles. The van der Waals surface area contributed by atoms with Crippen molar-refractivity contribution < 1.29 is 14.3 Å². The molecule has 0 bridgehead atoms. The lowest BCUT2D eigenvalue weighted by Gasteiger charge is -2.33. The molecular weight excluding hydrogens is 434 g/mol. The van der Waals surface area contributed by atoms with E-state index < -0.39 is 0 Å². The van der Waals surface area contributed by atoms with E-state index in [1.54, 1.807) is 0 Å². The number of para-hydroxylation sites is 1. The predicted octanol–water partition coefficient (Wildman–Crippen LogP) is 6.05. The summed E-state index contributed by atoms with van der Waals surface area (Å²) in [6.07, 6.45) is 1.93. The Labute approximate surface area is 206 Å². The number of hydrogen-bond acceptors (Lipinski definition) is 4. The first kappa shape index (κ1) is 23.1. The van der Waals surface area contributed by atoms with Crippen LogP contribution in [0.15, 0.2) is 84.9 Å². The third-order valence-corrected chi connectivity index (χ3v) is 6.97. The highest BCUT2D eigenvalue weighted by Crippen LogP contribution is 2.40. The first-order chi connectivity index (χ1) is 17.1. The van der Waals surface area contributed by atoms with Gasteiger partial charge in [0.05, 0.1) is 12.7 Å². The molecular formula is C31H31NO3. The van der Waals surface area contributed by atoms with Gasteiger partial charge in [-0.1, -0.05) is 72.8 Å². The summed E-state index contributed by atoms with van der Waals surface area (Å²) in [7, 11) is 1.42. The largest absolute Gasteiger partial charge is 0.489 e. The van der Waals surface area contributed by atoms with Crippen molar-refractivity contribution >= 4 is 16.7 Å². The van der Waals surface area contributed by atoms with Gasteiger partial charge in [0.25, 0.3) is 0 Å². The quantitative estimate of drug-likeness (QED) is 0.267. The number of esters is 1. The van der Waals surface area contributed by atoms with E-state index in [-0.39, 0.29) is 18.0 Å². The number of methoxy groups -OCH3 is 1. The fourth-order valence-electron chi connectivity index (χ4n) is 5.17. The summed E-state index contributed by atoms with van der Waals surface area (Å²) in [5, 5.41) is 6.24. The molecule has 4 heteroatoms. The zero-order chi connectivity index (χ0) is 24.2. The number of aryl methyl sites for hydroxylation is 1. The van der Waals surface area contributed by atoms with E-state index in [9.17, 15) is 4.79 Å². The molecule has 1 aliphatic rings. The number of hydrogen-bond donors (Lipinski definition) is 1. The normalized spacial score (nSPS) is 17.0. The Morgan fingerprint density at radius 2 is 1.80 bits per heavy atom. The van der Waals surface area contributed by atoms with Gasteiger partial charge in [0, 0.05) is 18.0 Å². The molecule has 0 saturated carbocycles. The molecule has 178 valence electrons. The second kappa shape index (κ2) is 10.3. The summed E-state index contributed by atoms with van der Waals surface area (Å²) in [5.41, 5.74) is 5.31. The minimum absolute atomic E-state index is 0.0722. The van der Waals surface area contributed by atoms with Gasteiger partial charge in [-0.2, -0.15) is 0 Å². The monoisotopic (exact) mass is 465 g/mol. The van der Waals surface area contributed by atoms with Crippen molar-refractivity contribution in [2.45, 2.75) is 31.8 Å². The Bertz CT molecular complexity index is 1340. The molecule has 5 rings (SSSR count). The van der Waals surface area contributed by atoms with Crippen LogP contribution in [0.2, 0.25) is 0 Å². The Hall–Kier alpha value is -3.63. The standard InChI is InChI=1S/C31H31NO3/c1-21-18-24(14-15-26(21)31(33)34-2)29-19-25(35-30-13-6-5-12-28(29)30)20-32-17-16-23-10-7-9-22-8-3-4-11-27(22)23/h3-15,18,25,29,32H,16-17,19-20H2,1-2H3. The maximum absolute atomic E-state index is 12.0. The molecule has 4 nitrogen and oxygen atoms in total. The molecule has 35 heavy (non-hydrogen) atoms. The highest BCUT2D eigenvalue weighted by molar-refractivity contribution is 5.91. The van der Waals surface area contributed by atoms with E-state index in [1.165, 1.54) is 34.6 Å². The topological polar surface area (TPSA) is 47.6 Å². The van der Waals surface area contributed by atoms with Crippen LogP contribution in [0.4, 0.5) is 0 Å². The van der Waals surface area contributed by atoms with E-state index in [0.29, 0.717) is 5.56 Å². The second-order valence-electron chi connectivity index (χ2n) is 9.22. The fraction of sp³-hybridized carbons (Fsp3) is 0.258. The lowest BCUT2D eigenvalue weighted by molar-refractivity contribution is 0.0600.